The maximum absolute atomic E-state index is 11.4. The van der Waals surface area contributed by atoms with E-state index in [0.717, 1.165) is 12.8 Å². The molecule has 1 aromatic heterocycles. The normalized spacial score (nSPS) is 11.1. The van der Waals surface area contributed by atoms with Crippen LogP contribution in [0.15, 0.2) is 18.3 Å². The molecule has 19 heavy (non-hydrogen) atoms. The molecule has 0 aliphatic rings. The van der Waals surface area contributed by atoms with Gasteiger partial charge in [-0.1, -0.05) is 0 Å². The Morgan fingerprint density at radius 2 is 2.05 bits per heavy atom. The van der Waals surface area contributed by atoms with Gasteiger partial charge >= 0.3 is 5.97 Å². The van der Waals surface area contributed by atoms with Crippen molar-refractivity contribution < 1.29 is 14.3 Å². The lowest BCUT2D eigenvalue weighted by molar-refractivity contribution is -0.154. The summed E-state index contributed by atoms with van der Waals surface area (Å²) >= 11 is 0. The van der Waals surface area contributed by atoms with Crippen molar-refractivity contribution in [2.45, 2.75) is 45.6 Å². The van der Waals surface area contributed by atoms with Crippen molar-refractivity contribution in [2.24, 2.45) is 0 Å². The molecule has 0 saturated heterocycles. The van der Waals surface area contributed by atoms with E-state index in [1.807, 2.05) is 20.8 Å². The molecule has 5 nitrogen and oxygen atoms in total. The Morgan fingerprint density at radius 3 is 2.63 bits per heavy atom. The monoisotopic (exact) mass is 266 g/mol. The van der Waals surface area contributed by atoms with Crippen LogP contribution in [0.2, 0.25) is 0 Å². The molecule has 106 valence electrons. The number of hydrogen-bond acceptors (Lipinski definition) is 5. The predicted molar refractivity (Wildman–Crippen MR) is 73.8 cm³/mol. The van der Waals surface area contributed by atoms with Gasteiger partial charge in [-0.3, -0.25) is 4.79 Å². The van der Waals surface area contributed by atoms with Gasteiger partial charge in [0, 0.05) is 12.5 Å². The summed E-state index contributed by atoms with van der Waals surface area (Å²) in [6, 6.07) is 3.46. The number of hydrogen-bond donors (Lipinski definition) is 1. The first kappa shape index (κ1) is 15.3. The summed E-state index contributed by atoms with van der Waals surface area (Å²) in [4.78, 5) is 15.5. The molecule has 1 rings (SSSR count). The number of carbonyl (C=O) groups excluding carboxylic acids is 1. The van der Waals surface area contributed by atoms with Crippen LogP contribution in [0.5, 0.6) is 5.88 Å². The smallest absolute Gasteiger partial charge is 0.306 e. The van der Waals surface area contributed by atoms with Crippen molar-refractivity contribution in [1.29, 1.82) is 0 Å². The zero-order valence-corrected chi connectivity index (χ0v) is 11.8. The number of unbranched alkanes of at least 4 members (excludes halogenated alkanes) is 1. The summed E-state index contributed by atoms with van der Waals surface area (Å²) in [7, 11) is 0. The first-order valence-electron chi connectivity index (χ1n) is 6.43. The number of nitrogens with two attached hydrogens (primary N) is 1. The summed E-state index contributed by atoms with van der Waals surface area (Å²) in [5.41, 5.74) is 5.71. The lowest BCUT2D eigenvalue weighted by atomic mass is 10.2. The number of aromatic nitrogens is 1. The summed E-state index contributed by atoms with van der Waals surface area (Å²) in [6.07, 6.45) is 3.49. The van der Waals surface area contributed by atoms with Crippen LogP contribution in [0.25, 0.3) is 0 Å². The van der Waals surface area contributed by atoms with Gasteiger partial charge in [0.25, 0.3) is 0 Å². The lowest BCUT2D eigenvalue weighted by Crippen LogP contribution is -2.23. The molecule has 0 saturated carbocycles. The third-order valence-corrected chi connectivity index (χ3v) is 2.20. The first-order valence-corrected chi connectivity index (χ1v) is 6.43. The second-order valence-electron chi connectivity index (χ2n) is 5.32. The number of esters is 1. The topological polar surface area (TPSA) is 74.4 Å². The van der Waals surface area contributed by atoms with E-state index < -0.39 is 5.60 Å². The Labute approximate surface area is 114 Å². The van der Waals surface area contributed by atoms with Gasteiger partial charge in [0.05, 0.1) is 18.5 Å². The number of pyridine rings is 1. The molecule has 0 atom stereocenters. The summed E-state index contributed by atoms with van der Waals surface area (Å²) in [5, 5.41) is 0. The van der Waals surface area contributed by atoms with E-state index in [9.17, 15) is 4.79 Å². The Morgan fingerprint density at radius 1 is 1.32 bits per heavy atom. The molecule has 0 radical (unpaired) electrons. The summed E-state index contributed by atoms with van der Waals surface area (Å²) in [6.45, 7) is 6.11. The van der Waals surface area contributed by atoms with E-state index in [2.05, 4.69) is 4.98 Å². The second-order valence-corrected chi connectivity index (χ2v) is 5.32. The molecule has 5 heteroatoms. The Kier molecular flexibility index (Phi) is 5.60. The minimum atomic E-state index is -0.415. The molecule has 0 aliphatic carbocycles. The van der Waals surface area contributed by atoms with Crippen LogP contribution < -0.4 is 10.5 Å². The average molecular weight is 266 g/mol. The van der Waals surface area contributed by atoms with Crippen molar-refractivity contribution in [2.75, 3.05) is 12.3 Å². The van der Waals surface area contributed by atoms with Crippen LogP contribution in [-0.2, 0) is 9.53 Å². The Bertz CT molecular complexity index is 396. The minimum absolute atomic E-state index is 0.168. The number of anilines is 1. The summed E-state index contributed by atoms with van der Waals surface area (Å²) in [5.74, 6) is 0.379. The van der Waals surface area contributed by atoms with Gasteiger partial charge in [0.1, 0.15) is 5.60 Å². The molecule has 0 spiro atoms. The highest BCUT2D eigenvalue weighted by molar-refractivity contribution is 5.69. The van der Waals surface area contributed by atoms with E-state index in [4.69, 9.17) is 15.2 Å². The van der Waals surface area contributed by atoms with Crippen LogP contribution >= 0.6 is 0 Å². The molecule has 0 amide bonds. The van der Waals surface area contributed by atoms with Gasteiger partial charge in [0.15, 0.2) is 0 Å². The number of ether oxygens (including phenoxy) is 2. The Balaban J connectivity index is 2.11. The molecule has 0 unspecified atom stereocenters. The van der Waals surface area contributed by atoms with Crippen LogP contribution in [0.1, 0.15) is 40.0 Å². The number of nitrogens with zero attached hydrogens (tertiary/aromatic N) is 1. The molecule has 0 aromatic carbocycles. The van der Waals surface area contributed by atoms with Crippen LogP contribution in [0.3, 0.4) is 0 Å². The fourth-order valence-electron chi connectivity index (χ4n) is 1.42. The first-order chi connectivity index (χ1) is 8.87. The zero-order chi connectivity index (χ0) is 14.3. The number of rotatable bonds is 6. The van der Waals surface area contributed by atoms with Gasteiger partial charge in [-0.05, 0) is 39.7 Å². The quantitative estimate of drug-likeness (QED) is 0.632. The van der Waals surface area contributed by atoms with E-state index in [1.54, 1.807) is 18.3 Å². The highest BCUT2D eigenvalue weighted by Gasteiger charge is 2.15. The average Bonchev–Trinajstić information content (AvgIpc) is 2.29. The fourth-order valence-corrected chi connectivity index (χ4v) is 1.42. The molecule has 1 heterocycles. The van der Waals surface area contributed by atoms with Crippen molar-refractivity contribution in [3.05, 3.63) is 18.3 Å². The van der Waals surface area contributed by atoms with Crippen molar-refractivity contribution in [3.63, 3.8) is 0 Å². The predicted octanol–water partition coefficient (Wildman–Crippen LogP) is 2.55. The summed E-state index contributed by atoms with van der Waals surface area (Å²) < 4.78 is 10.6. The van der Waals surface area contributed by atoms with Crippen molar-refractivity contribution >= 4 is 11.7 Å². The van der Waals surface area contributed by atoms with Crippen LogP contribution in [0.4, 0.5) is 5.69 Å². The van der Waals surface area contributed by atoms with Crippen molar-refractivity contribution in [3.8, 4) is 5.88 Å². The van der Waals surface area contributed by atoms with E-state index in [0.29, 0.717) is 24.6 Å². The van der Waals surface area contributed by atoms with E-state index in [-0.39, 0.29) is 5.97 Å². The van der Waals surface area contributed by atoms with Gasteiger partial charge in [-0.25, -0.2) is 4.98 Å². The van der Waals surface area contributed by atoms with E-state index in [1.165, 1.54) is 0 Å². The maximum Gasteiger partial charge on any atom is 0.306 e. The molecule has 1 aromatic rings. The standard InChI is InChI=1S/C14H22N2O3/c1-14(2,3)19-13(17)6-4-5-9-18-12-8-7-11(15)10-16-12/h7-8,10H,4-6,9,15H2,1-3H3. The van der Waals surface area contributed by atoms with E-state index >= 15 is 0 Å². The highest BCUT2D eigenvalue weighted by atomic mass is 16.6. The second kappa shape index (κ2) is 6.97. The minimum Gasteiger partial charge on any atom is -0.478 e. The van der Waals surface area contributed by atoms with Crippen LogP contribution in [-0.4, -0.2) is 23.2 Å². The molecule has 0 aliphatic heterocycles. The molecule has 0 fully saturated rings. The third kappa shape index (κ3) is 7.28. The van der Waals surface area contributed by atoms with Gasteiger partial charge in [-0.2, -0.15) is 0 Å². The fraction of sp³-hybridized carbons (Fsp3) is 0.571. The molecule has 2 N–H and O–H groups in total. The number of nitrogen functional groups attached to an aromatic ring is 1. The maximum atomic E-state index is 11.4. The van der Waals surface area contributed by atoms with Gasteiger partial charge in [0.2, 0.25) is 5.88 Å². The highest BCUT2D eigenvalue weighted by Crippen LogP contribution is 2.11. The zero-order valence-electron chi connectivity index (χ0n) is 11.8. The third-order valence-electron chi connectivity index (χ3n) is 2.20. The van der Waals surface area contributed by atoms with Crippen molar-refractivity contribution in [1.82, 2.24) is 4.98 Å². The number of carbonyl (C=O) groups is 1. The Hall–Kier alpha value is -1.78. The van der Waals surface area contributed by atoms with Crippen LogP contribution in [0, 0.1) is 0 Å². The van der Waals surface area contributed by atoms with Gasteiger partial charge in [-0.15, -0.1) is 0 Å². The molecular formula is C14H22N2O3. The largest absolute Gasteiger partial charge is 0.478 e. The van der Waals surface area contributed by atoms with Gasteiger partial charge < -0.3 is 15.2 Å². The molecular weight excluding hydrogens is 244 g/mol. The molecule has 0 bridgehead atoms. The lowest BCUT2D eigenvalue weighted by Gasteiger charge is -2.19. The SMILES string of the molecule is CC(C)(C)OC(=O)CCCCOc1ccc(N)cn1.